The van der Waals surface area contributed by atoms with Crippen molar-refractivity contribution in [3.8, 4) is 6.07 Å². The highest BCUT2D eigenvalue weighted by Crippen LogP contribution is 2.44. The van der Waals surface area contributed by atoms with Crippen LogP contribution in [0.15, 0.2) is 48.5 Å². The molecule has 190 valence electrons. The fourth-order valence-corrected chi connectivity index (χ4v) is 5.27. The van der Waals surface area contributed by atoms with Gasteiger partial charge in [-0.2, -0.15) is 5.26 Å². The number of nitrogens with zero attached hydrogens (tertiary/aromatic N) is 1. The minimum absolute atomic E-state index is 0.129. The number of hydrogen-bond acceptors (Lipinski definition) is 6. The third kappa shape index (κ3) is 5.59. The van der Waals surface area contributed by atoms with Crippen LogP contribution in [0.25, 0.3) is 0 Å². The number of rotatable bonds is 8. The zero-order valence-corrected chi connectivity index (χ0v) is 21.3. The number of benzene rings is 2. The second-order valence-electron chi connectivity index (χ2n) is 10.3. The number of ether oxygens (including phenoxy) is 4. The first-order valence-electron chi connectivity index (χ1n) is 12.4. The van der Waals surface area contributed by atoms with E-state index in [2.05, 4.69) is 11.4 Å². The SMILES string of the molecule is CC1(C)O[C@@H]2C[C@@](OCc3ccccc3C#N)(C(=O)NC3CC3)CC(OCc3cccc(Cl)c3)[C@@H]2O1. The number of carbonyl (C=O) groups is 1. The minimum atomic E-state index is -1.19. The van der Waals surface area contributed by atoms with Gasteiger partial charge in [-0.15, -0.1) is 0 Å². The topological polar surface area (TPSA) is 89.8 Å². The van der Waals surface area contributed by atoms with Crippen molar-refractivity contribution < 1.29 is 23.7 Å². The number of carbonyl (C=O) groups excluding carboxylic acids is 1. The van der Waals surface area contributed by atoms with Gasteiger partial charge in [0.2, 0.25) is 0 Å². The Morgan fingerprint density at radius 2 is 1.94 bits per heavy atom. The van der Waals surface area contributed by atoms with Gasteiger partial charge in [-0.3, -0.25) is 4.79 Å². The van der Waals surface area contributed by atoms with E-state index < -0.39 is 17.5 Å². The smallest absolute Gasteiger partial charge is 0.252 e. The standard InChI is InChI=1S/C28H31ClN2O5/c1-27(2)35-24-14-28(26(32)31-22-10-11-22,34-17-20-8-4-3-7-19(20)15-30)13-23(25(24)36-27)33-16-18-6-5-9-21(29)12-18/h3-9,12,22-25H,10-11,13-14,16-17H2,1-2H3,(H,31,32)/t23?,24-,25+,28-/m1/s1. The Hall–Kier alpha value is -2.47. The summed E-state index contributed by atoms with van der Waals surface area (Å²) in [6.45, 7) is 4.19. The average molecular weight is 511 g/mol. The summed E-state index contributed by atoms with van der Waals surface area (Å²) < 4.78 is 25.3. The number of amides is 1. The molecule has 7 nitrogen and oxygen atoms in total. The van der Waals surface area contributed by atoms with E-state index in [1.807, 2.05) is 56.3 Å². The lowest BCUT2D eigenvalue weighted by molar-refractivity contribution is -0.183. The van der Waals surface area contributed by atoms with E-state index in [4.69, 9.17) is 30.5 Å². The van der Waals surface area contributed by atoms with Crippen LogP contribution in [0.5, 0.6) is 0 Å². The van der Waals surface area contributed by atoms with Crippen LogP contribution in [0.2, 0.25) is 5.02 Å². The van der Waals surface area contributed by atoms with Gasteiger partial charge in [0.15, 0.2) is 11.4 Å². The van der Waals surface area contributed by atoms with Gasteiger partial charge >= 0.3 is 0 Å². The van der Waals surface area contributed by atoms with Crippen molar-refractivity contribution in [3.63, 3.8) is 0 Å². The minimum Gasteiger partial charge on any atom is -0.371 e. The quantitative estimate of drug-likeness (QED) is 0.556. The molecule has 0 bridgehead atoms. The zero-order valence-electron chi connectivity index (χ0n) is 20.5. The molecule has 1 saturated heterocycles. The van der Waals surface area contributed by atoms with E-state index in [0.29, 0.717) is 30.0 Å². The molecule has 1 heterocycles. The molecule has 2 aromatic carbocycles. The number of hydrogen-bond donors (Lipinski definition) is 1. The van der Waals surface area contributed by atoms with Crippen molar-refractivity contribution >= 4 is 17.5 Å². The summed E-state index contributed by atoms with van der Waals surface area (Å²) in [6, 6.07) is 17.2. The fourth-order valence-electron chi connectivity index (χ4n) is 5.05. The fraction of sp³-hybridized carbons (Fsp3) is 0.500. The van der Waals surface area contributed by atoms with Gasteiger partial charge in [0.1, 0.15) is 6.10 Å². The molecule has 4 atom stereocenters. The predicted molar refractivity (Wildman–Crippen MR) is 133 cm³/mol. The molecule has 1 unspecified atom stereocenters. The molecule has 2 saturated carbocycles. The van der Waals surface area contributed by atoms with Crippen LogP contribution < -0.4 is 5.32 Å². The predicted octanol–water partition coefficient (Wildman–Crippen LogP) is 4.64. The van der Waals surface area contributed by atoms with Crippen LogP contribution in [0.1, 0.15) is 56.2 Å². The lowest BCUT2D eigenvalue weighted by Crippen LogP contribution is -2.60. The maximum Gasteiger partial charge on any atom is 0.252 e. The average Bonchev–Trinajstić information content (AvgIpc) is 3.61. The Morgan fingerprint density at radius 1 is 1.14 bits per heavy atom. The molecule has 3 fully saturated rings. The van der Waals surface area contributed by atoms with Crippen LogP contribution in [0.3, 0.4) is 0 Å². The zero-order chi connectivity index (χ0) is 25.3. The number of nitriles is 1. The van der Waals surface area contributed by atoms with Crippen LogP contribution >= 0.6 is 11.6 Å². The Morgan fingerprint density at radius 3 is 2.69 bits per heavy atom. The lowest BCUT2D eigenvalue weighted by atomic mass is 9.78. The summed E-state index contributed by atoms with van der Waals surface area (Å²) in [5.41, 5.74) is 1.01. The maximum absolute atomic E-state index is 13.7. The van der Waals surface area contributed by atoms with E-state index in [1.54, 1.807) is 6.07 Å². The van der Waals surface area contributed by atoms with E-state index in [1.165, 1.54) is 0 Å². The Labute approximate surface area is 216 Å². The molecule has 0 spiro atoms. The summed E-state index contributed by atoms with van der Waals surface area (Å²) in [5, 5.41) is 13.3. The first-order chi connectivity index (χ1) is 17.3. The van der Waals surface area contributed by atoms with Gasteiger partial charge in [0.25, 0.3) is 5.91 Å². The van der Waals surface area contributed by atoms with Crippen molar-refractivity contribution in [2.75, 3.05) is 0 Å². The van der Waals surface area contributed by atoms with Crippen LogP contribution in [0.4, 0.5) is 0 Å². The van der Waals surface area contributed by atoms with Gasteiger partial charge in [-0.05, 0) is 56.0 Å². The second kappa shape index (κ2) is 10.1. The molecular formula is C28H31ClN2O5. The van der Waals surface area contributed by atoms with Crippen molar-refractivity contribution in [2.45, 2.75) is 88.5 Å². The largest absolute Gasteiger partial charge is 0.371 e. The third-order valence-corrected chi connectivity index (χ3v) is 7.21. The molecule has 0 aromatic heterocycles. The number of nitrogens with one attached hydrogen (secondary N) is 1. The van der Waals surface area contributed by atoms with Gasteiger partial charge in [-0.1, -0.05) is 41.9 Å². The highest BCUT2D eigenvalue weighted by atomic mass is 35.5. The molecular weight excluding hydrogens is 480 g/mol. The molecule has 36 heavy (non-hydrogen) atoms. The van der Waals surface area contributed by atoms with E-state index >= 15 is 0 Å². The monoisotopic (exact) mass is 510 g/mol. The van der Waals surface area contributed by atoms with Crippen LogP contribution in [-0.4, -0.2) is 41.6 Å². The van der Waals surface area contributed by atoms with Gasteiger partial charge in [0, 0.05) is 23.9 Å². The van der Waals surface area contributed by atoms with Crippen molar-refractivity contribution in [1.29, 1.82) is 5.26 Å². The van der Waals surface area contributed by atoms with Crippen LogP contribution in [-0.2, 0) is 37.0 Å². The Kier molecular flexibility index (Phi) is 7.08. The van der Waals surface area contributed by atoms with Crippen molar-refractivity contribution in [3.05, 3.63) is 70.2 Å². The van der Waals surface area contributed by atoms with E-state index in [9.17, 15) is 10.1 Å². The van der Waals surface area contributed by atoms with Crippen molar-refractivity contribution in [2.24, 2.45) is 0 Å². The first kappa shape index (κ1) is 25.2. The molecule has 1 amide bonds. The van der Waals surface area contributed by atoms with Crippen molar-refractivity contribution in [1.82, 2.24) is 5.32 Å². The molecule has 1 N–H and O–H groups in total. The number of halogens is 1. The molecule has 3 aliphatic rings. The highest BCUT2D eigenvalue weighted by Gasteiger charge is 2.58. The highest BCUT2D eigenvalue weighted by molar-refractivity contribution is 6.30. The summed E-state index contributed by atoms with van der Waals surface area (Å²) in [4.78, 5) is 13.7. The number of fused-ring (bicyclic) bond motifs is 1. The molecule has 1 aliphatic heterocycles. The maximum atomic E-state index is 13.7. The second-order valence-corrected chi connectivity index (χ2v) is 10.8. The van der Waals surface area contributed by atoms with E-state index in [-0.39, 0.29) is 30.8 Å². The summed E-state index contributed by atoms with van der Waals surface area (Å²) in [5.74, 6) is -0.966. The lowest BCUT2D eigenvalue weighted by Gasteiger charge is -2.43. The van der Waals surface area contributed by atoms with Crippen LogP contribution in [0, 0.1) is 11.3 Å². The molecule has 5 rings (SSSR count). The first-order valence-corrected chi connectivity index (χ1v) is 12.8. The Bertz CT molecular complexity index is 1160. The molecule has 2 aliphatic carbocycles. The third-order valence-electron chi connectivity index (χ3n) is 6.97. The normalized spacial score (nSPS) is 28.8. The van der Waals surface area contributed by atoms with Gasteiger partial charge in [0.05, 0.1) is 37.1 Å². The summed E-state index contributed by atoms with van der Waals surface area (Å²) in [6.07, 6.45) is 1.41. The molecule has 0 radical (unpaired) electrons. The molecule has 2 aromatic rings. The molecule has 8 heteroatoms. The van der Waals surface area contributed by atoms with Gasteiger partial charge in [-0.25, -0.2) is 0 Å². The Balaban J connectivity index is 1.42. The summed E-state index contributed by atoms with van der Waals surface area (Å²) in [7, 11) is 0. The van der Waals surface area contributed by atoms with Gasteiger partial charge < -0.3 is 24.3 Å². The van der Waals surface area contributed by atoms with E-state index in [0.717, 1.165) is 24.0 Å². The summed E-state index contributed by atoms with van der Waals surface area (Å²) >= 11 is 6.16.